The van der Waals surface area contributed by atoms with E-state index >= 15 is 0 Å². The van der Waals surface area contributed by atoms with Crippen LogP contribution in [0, 0.1) is 0 Å². The van der Waals surface area contributed by atoms with Crippen molar-refractivity contribution in [1.82, 2.24) is 5.32 Å². The molecule has 0 atom stereocenters. The Morgan fingerprint density at radius 3 is 2.75 bits per heavy atom. The number of hydrogen-bond acceptors (Lipinski definition) is 4. The molecular formula is C17H21ClN2O4. The summed E-state index contributed by atoms with van der Waals surface area (Å²) in [4.78, 5) is 23.7. The number of halogens is 1. The Hall–Kier alpha value is -1.95. The zero-order valence-corrected chi connectivity index (χ0v) is 14.4. The number of amides is 2. The lowest BCUT2D eigenvalue weighted by Gasteiger charge is -2.43. The Balaban J connectivity index is 1.98. The van der Waals surface area contributed by atoms with E-state index in [1.807, 2.05) is 0 Å². The molecule has 24 heavy (non-hydrogen) atoms. The number of esters is 1. The summed E-state index contributed by atoms with van der Waals surface area (Å²) >= 11 is 6.30. The van der Waals surface area contributed by atoms with Crippen LogP contribution < -0.4 is 15.4 Å². The molecule has 3 rings (SSSR count). The molecule has 0 bridgehead atoms. The first kappa shape index (κ1) is 16.9. The van der Waals surface area contributed by atoms with Crippen molar-refractivity contribution in [3.05, 3.63) is 22.7 Å². The highest BCUT2D eigenvalue weighted by Crippen LogP contribution is 2.49. The van der Waals surface area contributed by atoms with Gasteiger partial charge in [-0.3, -0.25) is 0 Å². The van der Waals surface area contributed by atoms with E-state index in [4.69, 9.17) is 21.1 Å². The number of anilines is 1. The van der Waals surface area contributed by atoms with Crippen LogP contribution in [0.4, 0.5) is 10.5 Å². The van der Waals surface area contributed by atoms with Crippen molar-refractivity contribution in [2.75, 3.05) is 18.5 Å². The zero-order valence-electron chi connectivity index (χ0n) is 13.6. The number of carbonyl (C=O) groups is 2. The maximum atomic E-state index is 12.1. The monoisotopic (exact) mass is 352 g/mol. The van der Waals surface area contributed by atoms with Crippen LogP contribution in [-0.4, -0.2) is 25.2 Å². The average Bonchev–Trinajstić information content (AvgIpc) is 2.55. The number of benzene rings is 1. The molecule has 1 aliphatic carbocycles. The van der Waals surface area contributed by atoms with E-state index in [0.29, 0.717) is 23.1 Å². The summed E-state index contributed by atoms with van der Waals surface area (Å²) in [5.41, 5.74) is 0.910. The molecule has 7 heteroatoms. The van der Waals surface area contributed by atoms with Gasteiger partial charge in [-0.1, -0.05) is 30.9 Å². The first-order valence-electron chi connectivity index (χ1n) is 8.26. The van der Waals surface area contributed by atoms with E-state index in [-0.39, 0.29) is 12.6 Å². The smallest absolute Gasteiger partial charge is 0.344 e. The van der Waals surface area contributed by atoms with Gasteiger partial charge in [0.15, 0.2) is 6.61 Å². The molecule has 0 radical (unpaired) electrons. The summed E-state index contributed by atoms with van der Waals surface area (Å²) in [6.07, 6.45) is 4.82. The van der Waals surface area contributed by atoms with Crippen molar-refractivity contribution in [1.29, 1.82) is 0 Å². The fourth-order valence-corrected chi connectivity index (χ4v) is 3.77. The summed E-state index contributed by atoms with van der Waals surface area (Å²) in [6, 6.07) is 3.16. The number of rotatable bonds is 4. The average molecular weight is 353 g/mol. The molecule has 1 heterocycles. The molecule has 1 spiro atoms. The molecule has 6 nitrogen and oxygen atoms in total. The second-order valence-electron chi connectivity index (χ2n) is 6.11. The molecule has 1 aliphatic heterocycles. The van der Waals surface area contributed by atoms with E-state index in [2.05, 4.69) is 10.6 Å². The summed E-state index contributed by atoms with van der Waals surface area (Å²) in [6.45, 7) is 1.88. The highest BCUT2D eigenvalue weighted by Gasteiger charge is 2.43. The fraction of sp³-hybridized carbons (Fsp3) is 0.529. The highest BCUT2D eigenvalue weighted by molar-refractivity contribution is 6.34. The van der Waals surface area contributed by atoms with Gasteiger partial charge in [-0.25, -0.2) is 9.59 Å². The van der Waals surface area contributed by atoms with Gasteiger partial charge >= 0.3 is 12.0 Å². The first-order chi connectivity index (χ1) is 11.6. The SMILES string of the molecule is CCOC(=O)COc1ccc(Cl)c2c1C1(CCCCC1)NC(=O)N2. The maximum absolute atomic E-state index is 12.1. The van der Waals surface area contributed by atoms with Crippen LogP contribution in [0.1, 0.15) is 44.6 Å². The maximum Gasteiger partial charge on any atom is 0.344 e. The number of hydrogen-bond donors (Lipinski definition) is 2. The summed E-state index contributed by atoms with van der Waals surface area (Å²) in [7, 11) is 0. The molecule has 1 fully saturated rings. The summed E-state index contributed by atoms with van der Waals surface area (Å²) in [5.74, 6) is 0.128. The zero-order chi connectivity index (χ0) is 17.2. The molecule has 0 aromatic heterocycles. The van der Waals surface area contributed by atoms with Crippen LogP contribution in [-0.2, 0) is 15.1 Å². The number of ether oxygens (including phenoxy) is 2. The van der Waals surface area contributed by atoms with Crippen LogP contribution in [0.2, 0.25) is 5.02 Å². The standard InChI is InChI=1S/C17H21ClN2O4/c1-2-23-13(21)10-24-12-7-6-11(18)15-14(12)17(20-16(22)19-15)8-4-3-5-9-17/h6-7H,2-5,8-10H2,1H3,(H2,19,20,22). The molecular weight excluding hydrogens is 332 g/mol. The van der Waals surface area contributed by atoms with E-state index in [1.165, 1.54) is 0 Å². The van der Waals surface area contributed by atoms with E-state index in [0.717, 1.165) is 37.7 Å². The third-order valence-corrected chi connectivity index (χ3v) is 4.86. The normalized spacial score (nSPS) is 18.3. The van der Waals surface area contributed by atoms with Crippen molar-refractivity contribution in [3.8, 4) is 5.75 Å². The van der Waals surface area contributed by atoms with E-state index in [1.54, 1.807) is 19.1 Å². The highest BCUT2D eigenvalue weighted by atomic mass is 35.5. The first-order valence-corrected chi connectivity index (χ1v) is 8.64. The predicted octanol–water partition coefficient (Wildman–Crippen LogP) is 3.58. The summed E-state index contributed by atoms with van der Waals surface area (Å²) < 4.78 is 10.6. The minimum absolute atomic E-state index is 0.175. The van der Waals surface area contributed by atoms with Gasteiger partial charge in [-0.05, 0) is 31.9 Å². The van der Waals surface area contributed by atoms with Gasteiger partial charge in [0, 0.05) is 5.56 Å². The molecule has 1 aromatic rings. The molecule has 2 amide bonds. The van der Waals surface area contributed by atoms with Gasteiger partial charge in [-0.2, -0.15) is 0 Å². The Bertz CT molecular complexity index is 656. The summed E-state index contributed by atoms with van der Waals surface area (Å²) in [5, 5.41) is 6.30. The van der Waals surface area contributed by atoms with Crippen molar-refractivity contribution >= 4 is 29.3 Å². The van der Waals surface area contributed by atoms with Gasteiger partial charge in [0.05, 0.1) is 22.9 Å². The van der Waals surface area contributed by atoms with Crippen molar-refractivity contribution in [2.45, 2.75) is 44.6 Å². The molecule has 0 unspecified atom stereocenters. The van der Waals surface area contributed by atoms with Crippen LogP contribution in [0.5, 0.6) is 5.75 Å². The van der Waals surface area contributed by atoms with Crippen LogP contribution >= 0.6 is 11.6 Å². The second kappa shape index (κ2) is 6.89. The quantitative estimate of drug-likeness (QED) is 0.812. The minimum atomic E-state index is -0.495. The van der Waals surface area contributed by atoms with E-state index in [9.17, 15) is 9.59 Å². The molecule has 0 saturated heterocycles. The van der Waals surface area contributed by atoms with Crippen molar-refractivity contribution < 1.29 is 19.1 Å². The molecule has 130 valence electrons. The third-order valence-electron chi connectivity index (χ3n) is 4.54. The van der Waals surface area contributed by atoms with Crippen LogP contribution in [0.3, 0.4) is 0 Å². The number of fused-ring (bicyclic) bond motifs is 2. The lowest BCUT2D eigenvalue weighted by atomic mass is 9.74. The predicted molar refractivity (Wildman–Crippen MR) is 90.5 cm³/mol. The Morgan fingerprint density at radius 1 is 1.29 bits per heavy atom. The van der Waals surface area contributed by atoms with Gasteiger partial charge in [0.2, 0.25) is 0 Å². The molecule has 2 aliphatic rings. The molecule has 1 aromatic carbocycles. The van der Waals surface area contributed by atoms with Gasteiger partial charge in [0.25, 0.3) is 0 Å². The lowest BCUT2D eigenvalue weighted by Crippen LogP contribution is -2.53. The molecule has 1 saturated carbocycles. The number of carbonyl (C=O) groups excluding carboxylic acids is 2. The van der Waals surface area contributed by atoms with Crippen molar-refractivity contribution in [2.24, 2.45) is 0 Å². The minimum Gasteiger partial charge on any atom is -0.481 e. The lowest BCUT2D eigenvalue weighted by molar-refractivity contribution is -0.145. The van der Waals surface area contributed by atoms with Crippen LogP contribution in [0.15, 0.2) is 12.1 Å². The Kier molecular flexibility index (Phi) is 4.85. The van der Waals surface area contributed by atoms with E-state index < -0.39 is 11.5 Å². The number of nitrogens with one attached hydrogen (secondary N) is 2. The second-order valence-corrected chi connectivity index (χ2v) is 6.52. The Labute approximate surface area is 145 Å². The van der Waals surface area contributed by atoms with Gasteiger partial charge in [0.1, 0.15) is 5.75 Å². The van der Waals surface area contributed by atoms with Gasteiger partial charge in [-0.15, -0.1) is 0 Å². The largest absolute Gasteiger partial charge is 0.481 e. The third kappa shape index (κ3) is 3.15. The van der Waals surface area contributed by atoms with Gasteiger partial charge < -0.3 is 20.1 Å². The fourth-order valence-electron chi connectivity index (χ4n) is 3.57. The molecule has 2 N–H and O–H groups in total. The Morgan fingerprint density at radius 2 is 2.04 bits per heavy atom. The van der Waals surface area contributed by atoms with Crippen molar-refractivity contribution in [3.63, 3.8) is 0 Å². The van der Waals surface area contributed by atoms with Crippen LogP contribution in [0.25, 0.3) is 0 Å². The topological polar surface area (TPSA) is 76.7 Å². The number of urea groups is 1.